The highest BCUT2D eigenvalue weighted by Gasteiger charge is 2.24. The molecule has 1 aliphatic heterocycles. The van der Waals surface area contributed by atoms with Gasteiger partial charge in [-0.15, -0.1) is 0 Å². The van der Waals surface area contributed by atoms with Crippen molar-refractivity contribution in [2.45, 2.75) is 25.8 Å². The summed E-state index contributed by atoms with van der Waals surface area (Å²) in [5.41, 5.74) is 0. The lowest BCUT2D eigenvalue weighted by molar-refractivity contribution is -0.137. The molecule has 66 valence electrons. The first-order chi connectivity index (χ1) is 5.59. The zero-order chi connectivity index (χ0) is 9.14. The number of aliphatic imine (C=N–C) groups is 1. The molecule has 0 saturated heterocycles. The Balaban J connectivity index is 2.42. The highest BCUT2D eigenvalue weighted by molar-refractivity contribution is 6.04. The van der Waals surface area contributed by atoms with Gasteiger partial charge in [0.1, 0.15) is 11.9 Å². The second kappa shape index (κ2) is 3.34. The molecule has 0 aromatic heterocycles. The largest absolute Gasteiger partial charge is 0.481 e. The molecular weight excluding hydrogens is 160 g/mol. The van der Waals surface area contributed by atoms with Crippen molar-refractivity contribution in [3.63, 3.8) is 0 Å². The summed E-state index contributed by atoms with van der Waals surface area (Å²) in [6.45, 7) is 1.68. The number of rotatable bonds is 3. The molecule has 0 aromatic carbocycles. The topological polar surface area (TPSA) is 78.8 Å². The molecule has 1 rings (SSSR count). The third kappa shape index (κ3) is 2.05. The van der Waals surface area contributed by atoms with Crippen molar-refractivity contribution in [2.24, 2.45) is 4.99 Å². The molecule has 0 radical (unpaired) electrons. The summed E-state index contributed by atoms with van der Waals surface area (Å²) in [6.07, 6.45) is 0.257. The van der Waals surface area contributed by atoms with E-state index in [4.69, 9.17) is 5.11 Å². The van der Waals surface area contributed by atoms with Crippen molar-refractivity contribution in [1.29, 1.82) is 0 Å². The molecule has 0 aliphatic carbocycles. The first-order valence-corrected chi connectivity index (χ1v) is 3.66. The summed E-state index contributed by atoms with van der Waals surface area (Å²) >= 11 is 0. The minimum absolute atomic E-state index is 0.0190. The van der Waals surface area contributed by atoms with Gasteiger partial charge in [0, 0.05) is 6.42 Å². The van der Waals surface area contributed by atoms with Gasteiger partial charge in [0.05, 0.1) is 0 Å². The van der Waals surface area contributed by atoms with Crippen LogP contribution in [0, 0.1) is 0 Å². The number of hydrogen-bond donors (Lipinski definition) is 2. The molecule has 1 unspecified atom stereocenters. The van der Waals surface area contributed by atoms with Gasteiger partial charge in [-0.25, -0.2) is 0 Å². The van der Waals surface area contributed by atoms with Crippen LogP contribution in [0.15, 0.2) is 4.99 Å². The van der Waals surface area contributed by atoms with E-state index < -0.39 is 12.0 Å². The van der Waals surface area contributed by atoms with Crippen LogP contribution < -0.4 is 5.32 Å². The van der Waals surface area contributed by atoms with Crippen LogP contribution in [-0.4, -0.2) is 28.9 Å². The summed E-state index contributed by atoms with van der Waals surface area (Å²) in [7, 11) is 0. The lowest BCUT2D eigenvalue weighted by atomic mass is 10.1. The first-order valence-electron chi connectivity index (χ1n) is 3.66. The van der Waals surface area contributed by atoms with E-state index in [1.807, 2.05) is 0 Å². The molecule has 2 N–H and O–H groups in total. The Hall–Kier alpha value is -1.39. The van der Waals surface area contributed by atoms with Gasteiger partial charge in [0.25, 0.3) is 0 Å². The van der Waals surface area contributed by atoms with Gasteiger partial charge in [0.2, 0.25) is 5.91 Å². The van der Waals surface area contributed by atoms with E-state index >= 15 is 0 Å². The number of carbonyl (C=O) groups is 2. The Morgan fingerprint density at radius 3 is 2.83 bits per heavy atom. The van der Waals surface area contributed by atoms with E-state index in [9.17, 15) is 9.59 Å². The Morgan fingerprint density at radius 1 is 1.75 bits per heavy atom. The van der Waals surface area contributed by atoms with Crippen LogP contribution in [-0.2, 0) is 9.59 Å². The minimum atomic E-state index is -0.900. The smallest absolute Gasteiger partial charge is 0.303 e. The number of amidine groups is 1. The van der Waals surface area contributed by atoms with E-state index in [1.165, 1.54) is 0 Å². The molecule has 1 atom stereocenters. The van der Waals surface area contributed by atoms with Gasteiger partial charge in [-0.05, 0) is 13.3 Å². The van der Waals surface area contributed by atoms with Crippen LogP contribution in [0.2, 0.25) is 0 Å². The number of amides is 1. The van der Waals surface area contributed by atoms with Crippen LogP contribution in [0.25, 0.3) is 0 Å². The van der Waals surface area contributed by atoms with Crippen molar-refractivity contribution in [3.8, 4) is 0 Å². The van der Waals surface area contributed by atoms with Gasteiger partial charge >= 0.3 is 5.97 Å². The third-order valence-corrected chi connectivity index (χ3v) is 1.59. The van der Waals surface area contributed by atoms with Gasteiger partial charge < -0.3 is 10.4 Å². The summed E-state index contributed by atoms with van der Waals surface area (Å²) in [6, 6.07) is -0.499. The van der Waals surface area contributed by atoms with Gasteiger partial charge in [-0.2, -0.15) is 0 Å². The first kappa shape index (κ1) is 8.70. The molecule has 5 nitrogen and oxygen atoms in total. The Labute approximate surface area is 69.5 Å². The van der Waals surface area contributed by atoms with Crippen molar-refractivity contribution in [1.82, 2.24) is 5.32 Å². The zero-order valence-electron chi connectivity index (χ0n) is 6.70. The van der Waals surface area contributed by atoms with E-state index in [1.54, 1.807) is 6.92 Å². The highest BCUT2D eigenvalue weighted by Crippen LogP contribution is 2.07. The zero-order valence-corrected chi connectivity index (χ0v) is 6.70. The fraction of sp³-hybridized carbons (Fsp3) is 0.571. The second-order valence-electron chi connectivity index (χ2n) is 2.65. The van der Waals surface area contributed by atoms with Gasteiger partial charge in [0.15, 0.2) is 0 Å². The van der Waals surface area contributed by atoms with Crippen molar-refractivity contribution in [3.05, 3.63) is 0 Å². The summed E-state index contributed by atoms with van der Waals surface area (Å²) in [5, 5.41) is 10.9. The molecule has 0 spiro atoms. The normalized spacial score (nSPS) is 21.9. The standard InChI is InChI=1S/C7H10N2O3/c1-4-8-5(7(12)9-4)2-3-6(10)11/h5H,2-3H2,1H3,(H,10,11)(H,8,9,12). The van der Waals surface area contributed by atoms with E-state index in [-0.39, 0.29) is 18.7 Å². The van der Waals surface area contributed by atoms with Crippen LogP contribution in [0.1, 0.15) is 19.8 Å². The van der Waals surface area contributed by atoms with Crippen LogP contribution in [0.4, 0.5) is 0 Å². The third-order valence-electron chi connectivity index (χ3n) is 1.59. The van der Waals surface area contributed by atoms with E-state index in [2.05, 4.69) is 10.3 Å². The Kier molecular flexibility index (Phi) is 2.42. The number of carboxylic acid groups (broad SMARTS) is 1. The van der Waals surface area contributed by atoms with Crippen LogP contribution in [0.3, 0.4) is 0 Å². The van der Waals surface area contributed by atoms with Crippen molar-refractivity contribution in [2.75, 3.05) is 0 Å². The molecule has 0 aromatic rings. The fourth-order valence-corrected chi connectivity index (χ4v) is 1.04. The average Bonchev–Trinajstić information content (AvgIpc) is 2.26. The molecular formula is C7H10N2O3. The maximum atomic E-state index is 11.0. The number of nitrogens with zero attached hydrogens (tertiary/aromatic N) is 1. The number of carbonyl (C=O) groups excluding carboxylic acids is 1. The molecule has 12 heavy (non-hydrogen) atoms. The lowest BCUT2D eigenvalue weighted by Crippen LogP contribution is -2.27. The van der Waals surface area contributed by atoms with Gasteiger partial charge in [-0.3, -0.25) is 14.6 Å². The maximum absolute atomic E-state index is 11.0. The Bertz CT molecular complexity index is 247. The van der Waals surface area contributed by atoms with Gasteiger partial charge in [-0.1, -0.05) is 0 Å². The quantitative estimate of drug-likeness (QED) is 0.614. The molecule has 1 amide bonds. The monoisotopic (exact) mass is 170 g/mol. The van der Waals surface area contributed by atoms with Crippen molar-refractivity contribution >= 4 is 17.7 Å². The molecule has 1 aliphatic rings. The highest BCUT2D eigenvalue weighted by atomic mass is 16.4. The molecule has 0 fully saturated rings. The molecule has 1 heterocycles. The number of aliphatic carboxylic acids is 1. The number of carboxylic acids is 1. The van der Waals surface area contributed by atoms with Crippen LogP contribution >= 0.6 is 0 Å². The fourth-order valence-electron chi connectivity index (χ4n) is 1.04. The predicted octanol–water partition coefficient (Wildman–Crippen LogP) is -0.232. The Morgan fingerprint density at radius 2 is 2.42 bits per heavy atom. The maximum Gasteiger partial charge on any atom is 0.303 e. The SMILES string of the molecule is CC1=NC(CCC(=O)O)C(=O)N1. The van der Waals surface area contributed by atoms with Crippen LogP contribution in [0.5, 0.6) is 0 Å². The summed E-state index contributed by atoms with van der Waals surface area (Å²) in [4.78, 5) is 25.1. The second-order valence-corrected chi connectivity index (χ2v) is 2.65. The van der Waals surface area contributed by atoms with E-state index in [0.717, 1.165) is 0 Å². The molecule has 0 bridgehead atoms. The average molecular weight is 170 g/mol. The number of hydrogen-bond acceptors (Lipinski definition) is 3. The van der Waals surface area contributed by atoms with Crippen molar-refractivity contribution < 1.29 is 14.7 Å². The summed E-state index contributed by atoms with van der Waals surface area (Å²) < 4.78 is 0. The molecule has 5 heteroatoms. The number of nitrogens with one attached hydrogen (secondary N) is 1. The molecule has 0 saturated carbocycles. The minimum Gasteiger partial charge on any atom is -0.481 e. The van der Waals surface area contributed by atoms with E-state index in [0.29, 0.717) is 5.84 Å². The predicted molar refractivity (Wildman–Crippen MR) is 41.9 cm³/mol. The lowest BCUT2D eigenvalue weighted by Gasteiger charge is -2.00. The summed E-state index contributed by atoms with van der Waals surface area (Å²) in [5.74, 6) is -0.535.